The Morgan fingerprint density at radius 2 is 1.77 bits per heavy atom. The van der Waals surface area contributed by atoms with Crippen LogP contribution in [0, 0.1) is 23.2 Å². The summed E-state index contributed by atoms with van der Waals surface area (Å²) in [5, 5.41) is 0. The molecular formula is C20H36NO+. The summed E-state index contributed by atoms with van der Waals surface area (Å²) in [6, 6.07) is 0. The van der Waals surface area contributed by atoms with Crippen LogP contribution in [0.4, 0.5) is 0 Å². The minimum atomic E-state index is 0.245. The molecule has 2 aliphatic carbocycles. The van der Waals surface area contributed by atoms with Gasteiger partial charge in [-0.25, -0.2) is 0 Å². The van der Waals surface area contributed by atoms with Gasteiger partial charge >= 0.3 is 0 Å². The lowest BCUT2D eigenvalue weighted by molar-refractivity contribution is -0.877. The summed E-state index contributed by atoms with van der Waals surface area (Å²) in [6.45, 7) is 6.07. The van der Waals surface area contributed by atoms with Gasteiger partial charge in [0.25, 0.3) is 0 Å². The molecule has 126 valence electrons. The molecule has 5 atom stereocenters. The molecule has 0 N–H and O–H groups in total. The highest BCUT2D eigenvalue weighted by Crippen LogP contribution is 2.50. The Kier molecular flexibility index (Phi) is 4.46. The molecule has 3 rings (SSSR count). The third kappa shape index (κ3) is 3.28. The van der Waals surface area contributed by atoms with E-state index in [4.69, 9.17) is 4.74 Å². The van der Waals surface area contributed by atoms with Crippen molar-refractivity contribution in [3.05, 3.63) is 12.2 Å². The average molecular weight is 307 g/mol. The first-order chi connectivity index (χ1) is 10.3. The smallest absolute Gasteiger partial charge is 0.0857 e. The summed E-state index contributed by atoms with van der Waals surface area (Å²) in [4.78, 5) is 0. The predicted molar refractivity (Wildman–Crippen MR) is 92.7 cm³/mol. The molecule has 1 saturated heterocycles. The van der Waals surface area contributed by atoms with Gasteiger partial charge in [-0.1, -0.05) is 38.8 Å². The van der Waals surface area contributed by atoms with E-state index in [0.717, 1.165) is 22.2 Å². The number of rotatable bonds is 3. The molecule has 22 heavy (non-hydrogen) atoms. The number of hydrogen-bond acceptors (Lipinski definition) is 1. The summed E-state index contributed by atoms with van der Waals surface area (Å²) in [6.07, 6.45) is 14.0. The summed E-state index contributed by atoms with van der Waals surface area (Å²) in [7, 11) is 6.94. The average Bonchev–Trinajstić information content (AvgIpc) is 2.44. The van der Waals surface area contributed by atoms with Crippen molar-refractivity contribution < 1.29 is 9.22 Å². The van der Waals surface area contributed by atoms with Crippen LogP contribution in [0.2, 0.25) is 0 Å². The lowest BCUT2D eigenvalue weighted by Gasteiger charge is -2.54. The van der Waals surface area contributed by atoms with E-state index in [-0.39, 0.29) is 5.41 Å². The molecular weight excluding hydrogens is 270 g/mol. The van der Waals surface area contributed by atoms with Crippen LogP contribution in [-0.2, 0) is 4.74 Å². The highest BCUT2D eigenvalue weighted by molar-refractivity contribution is 5.08. The van der Waals surface area contributed by atoms with Crippen LogP contribution >= 0.6 is 0 Å². The number of hydrogen-bond donors (Lipinski definition) is 0. The van der Waals surface area contributed by atoms with Gasteiger partial charge in [-0.15, -0.1) is 0 Å². The Hall–Kier alpha value is -0.340. The second kappa shape index (κ2) is 5.94. The van der Waals surface area contributed by atoms with E-state index in [1.807, 2.05) is 0 Å². The molecule has 0 amide bonds. The molecule has 0 radical (unpaired) electrons. The molecule has 0 bridgehead atoms. The highest BCUT2D eigenvalue weighted by Gasteiger charge is 2.51. The molecule has 1 saturated carbocycles. The summed E-state index contributed by atoms with van der Waals surface area (Å²) in [5.74, 6) is 2.32. The van der Waals surface area contributed by atoms with Crippen molar-refractivity contribution in [2.24, 2.45) is 23.2 Å². The van der Waals surface area contributed by atoms with E-state index >= 15 is 0 Å². The van der Waals surface area contributed by atoms with Crippen molar-refractivity contribution in [2.45, 2.75) is 64.6 Å². The number of ether oxygens (including phenoxy) is 1. The maximum absolute atomic E-state index is 6.83. The molecule has 0 spiro atoms. The fourth-order valence-corrected chi connectivity index (χ4v) is 5.79. The molecule has 1 aliphatic heterocycles. The summed E-state index contributed by atoms with van der Waals surface area (Å²) in [5.41, 5.74) is 0.245. The molecule has 0 aromatic carbocycles. The number of fused-ring (bicyclic) bond motifs is 3. The molecule has 0 unspecified atom stereocenters. The molecule has 0 aromatic rings. The number of allylic oxidation sites excluding steroid dienone is 2. The van der Waals surface area contributed by atoms with Crippen molar-refractivity contribution in [3.8, 4) is 0 Å². The Morgan fingerprint density at radius 1 is 1.05 bits per heavy atom. The van der Waals surface area contributed by atoms with Crippen molar-refractivity contribution in [1.82, 2.24) is 0 Å². The Balaban J connectivity index is 1.85. The van der Waals surface area contributed by atoms with Gasteiger partial charge in [-0.2, -0.15) is 0 Å². The largest absolute Gasteiger partial charge is 0.374 e. The minimum absolute atomic E-state index is 0.245. The second-order valence-electron chi connectivity index (χ2n) is 9.73. The topological polar surface area (TPSA) is 9.23 Å². The highest BCUT2D eigenvalue weighted by atomic mass is 16.5. The summed E-state index contributed by atoms with van der Waals surface area (Å²) < 4.78 is 7.85. The first kappa shape index (κ1) is 16.5. The molecule has 2 heteroatoms. The number of quaternary nitrogens is 1. The van der Waals surface area contributed by atoms with E-state index in [2.05, 4.69) is 47.1 Å². The molecule has 2 nitrogen and oxygen atoms in total. The fourth-order valence-electron chi connectivity index (χ4n) is 5.79. The van der Waals surface area contributed by atoms with Gasteiger partial charge in [-0.3, -0.25) is 0 Å². The van der Waals surface area contributed by atoms with Gasteiger partial charge < -0.3 is 9.22 Å². The van der Waals surface area contributed by atoms with Crippen molar-refractivity contribution in [1.29, 1.82) is 0 Å². The van der Waals surface area contributed by atoms with Crippen LogP contribution in [0.15, 0.2) is 12.2 Å². The minimum Gasteiger partial charge on any atom is -0.374 e. The zero-order valence-corrected chi connectivity index (χ0v) is 15.3. The maximum atomic E-state index is 6.83. The molecule has 3 aliphatic rings. The first-order valence-electron chi connectivity index (χ1n) is 9.40. The van der Waals surface area contributed by atoms with Crippen LogP contribution < -0.4 is 0 Å². The Bertz CT molecular complexity index is 420. The van der Waals surface area contributed by atoms with E-state index < -0.39 is 0 Å². The van der Waals surface area contributed by atoms with Gasteiger partial charge in [0.1, 0.15) is 0 Å². The zero-order valence-electron chi connectivity index (χ0n) is 15.3. The summed E-state index contributed by atoms with van der Waals surface area (Å²) >= 11 is 0. The van der Waals surface area contributed by atoms with Gasteiger partial charge in [0.15, 0.2) is 0 Å². The van der Waals surface area contributed by atoms with E-state index in [1.165, 1.54) is 45.1 Å². The van der Waals surface area contributed by atoms with Gasteiger partial charge in [0.05, 0.1) is 39.9 Å². The van der Waals surface area contributed by atoms with Crippen molar-refractivity contribution >= 4 is 0 Å². The molecule has 2 fully saturated rings. The molecule has 1 heterocycles. The SMILES string of the molecule is CC(C)(C[N+](C)(C)C)[C@H]1O[C@H]2CCCC[C@@H]2[C@H]2C=CCC[C@@H]21. The first-order valence-corrected chi connectivity index (χ1v) is 9.40. The van der Waals surface area contributed by atoms with Crippen molar-refractivity contribution in [3.63, 3.8) is 0 Å². The Morgan fingerprint density at radius 3 is 2.50 bits per heavy atom. The quantitative estimate of drug-likeness (QED) is 0.559. The second-order valence-corrected chi connectivity index (χ2v) is 9.73. The maximum Gasteiger partial charge on any atom is 0.0857 e. The van der Waals surface area contributed by atoms with Gasteiger partial charge in [-0.05, 0) is 43.4 Å². The zero-order chi connectivity index (χ0) is 16.0. The lowest BCUT2D eigenvalue weighted by Crippen LogP contribution is -2.57. The van der Waals surface area contributed by atoms with Gasteiger partial charge in [0.2, 0.25) is 0 Å². The number of nitrogens with zero attached hydrogens (tertiary/aromatic N) is 1. The van der Waals surface area contributed by atoms with Gasteiger partial charge in [0, 0.05) is 5.41 Å². The van der Waals surface area contributed by atoms with E-state index in [1.54, 1.807) is 0 Å². The van der Waals surface area contributed by atoms with Crippen molar-refractivity contribution in [2.75, 3.05) is 27.7 Å². The third-order valence-corrected chi connectivity index (χ3v) is 6.13. The molecule has 0 aromatic heterocycles. The van der Waals surface area contributed by atoms with Crippen LogP contribution in [0.25, 0.3) is 0 Å². The van der Waals surface area contributed by atoms with Crippen LogP contribution in [0.5, 0.6) is 0 Å². The Labute approximate surface area is 137 Å². The lowest BCUT2D eigenvalue weighted by atomic mass is 9.61. The van der Waals surface area contributed by atoms with Crippen LogP contribution in [0.3, 0.4) is 0 Å². The monoisotopic (exact) mass is 306 g/mol. The predicted octanol–water partition coefficient (Wildman–Crippen LogP) is 4.26. The van der Waals surface area contributed by atoms with Crippen LogP contribution in [0.1, 0.15) is 52.4 Å². The standard InChI is InChI=1S/C20H36NO/c1-20(2,14-21(3,4)5)19-17-12-7-6-10-15(17)16-11-8-9-13-18(16)22-19/h6,10,15-19H,7-9,11-14H2,1-5H3/q+1/t15-,16-,17+,18+,19+/m1/s1. The van der Waals surface area contributed by atoms with E-state index in [0.29, 0.717) is 12.2 Å². The fraction of sp³-hybridized carbons (Fsp3) is 0.900. The van der Waals surface area contributed by atoms with E-state index in [9.17, 15) is 0 Å². The van der Waals surface area contributed by atoms with Crippen LogP contribution in [-0.4, -0.2) is 44.4 Å². The normalized spacial score (nSPS) is 39.2. The third-order valence-electron chi connectivity index (χ3n) is 6.13.